The van der Waals surface area contributed by atoms with Crippen molar-refractivity contribution in [3.63, 3.8) is 0 Å². The van der Waals surface area contributed by atoms with Gasteiger partial charge in [-0.25, -0.2) is 4.39 Å². The molecule has 0 spiro atoms. The van der Waals surface area contributed by atoms with Gasteiger partial charge in [0.25, 0.3) is 0 Å². The molecule has 3 heteroatoms. The van der Waals surface area contributed by atoms with Crippen LogP contribution in [-0.4, -0.2) is 6.04 Å². The highest BCUT2D eigenvalue weighted by atomic mass is 127. The molecule has 0 amide bonds. The zero-order valence-electron chi connectivity index (χ0n) is 8.64. The van der Waals surface area contributed by atoms with Crippen LogP contribution in [0, 0.1) is 15.3 Å². The molecular formula is C11H15FIN. The zero-order valence-corrected chi connectivity index (χ0v) is 10.8. The fourth-order valence-electron chi connectivity index (χ4n) is 1.02. The van der Waals surface area contributed by atoms with E-state index in [1.807, 2.05) is 0 Å². The Labute approximate surface area is 98.2 Å². The van der Waals surface area contributed by atoms with Crippen molar-refractivity contribution in [3.05, 3.63) is 27.6 Å². The van der Waals surface area contributed by atoms with Crippen molar-refractivity contribution in [1.29, 1.82) is 0 Å². The molecule has 14 heavy (non-hydrogen) atoms. The summed E-state index contributed by atoms with van der Waals surface area (Å²) in [4.78, 5) is 0. The number of hydrogen-bond acceptors (Lipinski definition) is 1. The second kappa shape index (κ2) is 4.96. The lowest BCUT2D eigenvalue weighted by Crippen LogP contribution is -2.21. The highest BCUT2D eigenvalue weighted by Crippen LogP contribution is 2.21. The molecule has 0 fully saturated rings. The van der Waals surface area contributed by atoms with Crippen LogP contribution in [0.4, 0.5) is 10.1 Å². The van der Waals surface area contributed by atoms with Gasteiger partial charge in [0, 0.05) is 15.3 Å². The van der Waals surface area contributed by atoms with Crippen LogP contribution in [0.3, 0.4) is 0 Å². The molecule has 0 aliphatic rings. The topological polar surface area (TPSA) is 12.0 Å². The molecule has 1 aromatic carbocycles. The van der Waals surface area contributed by atoms with Crippen LogP contribution < -0.4 is 5.32 Å². The number of hydrogen-bond donors (Lipinski definition) is 1. The molecule has 0 bridgehead atoms. The second-order valence-electron chi connectivity index (χ2n) is 3.80. The first-order valence-electron chi connectivity index (χ1n) is 4.72. The Balaban J connectivity index is 2.77. The fourth-order valence-corrected chi connectivity index (χ4v) is 1.65. The smallest absolute Gasteiger partial charge is 0.124 e. The predicted molar refractivity (Wildman–Crippen MR) is 67.0 cm³/mol. The third-order valence-electron chi connectivity index (χ3n) is 2.31. The zero-order chi connectivity index (χ0) is 10.7. The van der Waals surface area contributed by atoms with Crippen LogP contribution in [0.25, 0.3) is 0 Å². The largest absolute Gasteiger partial charge is 0.381 e. The quantitative estimate of drug-likeness (QED) is 0.836. The molecular weight excluding hydrogens is 292 g/mol. The van der Waals surface area contributed by atoms with E-state index in [2.05, 4.69) is 48.7 Å². The van der Waals surface area contributed by atoms with Crippen molar-refractivity contribution in [2.75, 3.05) is 5.32 Å². The molecule has 1 nitrogen and oxygen atoms in total. The van der Waals surface area contributed by atoms with Gasteiger partial charge in [-0.05, 0) is 53.6 Å². The minimum Gasteiger partial charge on any atom is -0.381 e. The van der Waals surface area contributed by atoms with Gasteiger partial charge in [-0.1, -0.05) is 13.8 Å². The van der Waals surface area contributed by atoms with E-state index in [1.54, 1.807) is 6.07 Å². The summed E-state index contributed by atoms with van der Waals surface area (Å²) in [5, 5.41) is 3.36. The van der Waals surface area contributed by atoms with Crippen molar-refractivity contribution >= 4 is 28.3 Å². The Morgan fingerprint density at radius 3 is 2.43 bits per heavy atom. The molecule has 0 aliphatic heterocycles. The maximum absolute atomic E-state index is 12.8. The van der Waals surface area contributed by atoms with E-state index in [0.717, 1.165) is 9.26 Å². The molecule has 1 N–H and O–H groups in total. The summed E-state index contributed by atoms with van der Waals surface area (Å²) in [7, 11) is 0. The molecule has 1 atom stereocenters. The summed E-state index contributed by atoms with van der Waals surface area (Å²) in [5.41, 5.74) is 1.01. The average Bonchev–Trinajstić information content (AvgIpc) is 2.09. The predicted octanol–water partition coefficient (Wildman–Crippen LogP) is 3.89. The summed E-state index contributed by atoms with van der Waals surface area (Å²) in [5.74, 6) is 0.382. The van der Waals surface area contributed by atoms with E-state index in [9.17, 15) is 4.39 Å². The van der Waals surface area contributed by atoms with Crippen LogP contribution in [0.15, 0.2) is 18.2 Å². The van der Waals surface area contributed by atoms with E-state index in [0.29, 0.717) is 12.0 Å². The second-order valence-corrected chi connectivity index (χ2v) is 4.96. The molecule has 0 saturated carbocycles. The van der Waals surface area contributed by atoms with Crippen LogP contribution in [-0.2, 0) is 0 Å². The van der Waals surface area contributed by atoms with Gasteiger partial charge in [-0.2, -0.15) is 0 Å². The Bertz CT molecular complexity index is 312. The molecule has 0 radical (unpaired) electrons. The number of benzene rings is 1. The van der Waals surface area contributed by atoms with Crippen molar-refractivity contribution in [2.24, 2.45) is 5.92 Å². The van der Waals surface area contributed by atoms with E-state index in [-0.39, 0.29) is 5.82 Å². The number of rotatable bonds is 3. The molecule has 0 aliphatic carbocycles. The normalized spacial score (nSPS) is 13.0. The van der Waals surface area contributed by atoms with E-state index in [4.69, 9.17) is 0 Å². The Morgan fingerprint density at radius 1 is 1.29 bits per heavy atom. The summed E-state index contributed by atoms with van der Waals surface area (Å²) < 4.78 is 13.7. The maximum atomic E-state index is 12.8. The Kier molecular flexibility index (Phi) is 4.16. The lowest BCUT2D eigenvalue weighted by molar-refractivity contribution is 0.559. The van der Waals surface area contributed by atoms with Gasteiger partial charge in [0.05, 0.1) is 0 Å². The minimum atomic E-state index is -0.183. The molecule has 78 valence electrons. The van der Waals surface area contributed by atoms with Crippen molar-refractivity contribution in [2.45, 2.75) is 26.8 Å². The fraction of sp³-hybridized carbons (Fsp3) is 0.455. The van der Waals surface area contributed by atoms with Crippen molar-refractivity contribution in [1.82, 2.24) is 0 Å². The maximum Gasteiger partial charge on any atom is 0.124 e. The number of halogens is 2. The highest BCUT2D eigenvalue weighted by molar-refractivity contribution is 14.1. The van der Waals surface area contributed by atoms with Crippen LogP contribution in [0.2, 0.25) is 0 Å². The molecule has 1 rings (SSSR count). The van der Waals surface area contributed by atoms with Crippen LogP contribution in [0.1, 0.15) is 20.8 Å². The van der Waals surface area contributed by atoms with Crippen LogP contribution in [0.5, 0.6) is 0 Å². The summed E-state index contributed by atoms with van der Waals surface area (Å²) >= 11 is 2.14. The standard InChI is InChI=1S/C11H15FIN/c1-7(2)8(3)14-11-5-4-9(12)6-10(11)13/h4-8,14H,1-3H3. The van der Waals surface area contributed by atoms with E-state index < -0.39 is 0 Å². The summed E-state index contributed by atoms with van der Waals surface area (Å²) in [6.07, 6.45) is 0. The van der Waals surface area contributed by atoms with Gasteiger partial charge in [0.2, 0.25) is 0 Å². The molecule has 0 saturated heterocycles. The average molecular weight is 307 g/mol. The lowest BCUT2D eigenvalue weighted by Gasteiger charge is -2.19. The van der Waals surface area contributed by atoms with E-state index >= 15 is 0 Å². The van der Waals surface area contributed by atoms with Crippen molar-refractivity contribution < 1.29 is 4.39 Å². The van der Waals surface area contributed by atoms with Crippen LogP contribution >= 0.6 is 22.6 Å². The van der Waals surface area contributed by atoms with Gasteiger partial charge >= 0.3 is 0 Å². The highest BCUT2D eigenvalue weighted by Gasteiger charge is 2.08. The number of anilines is 1. The van der Waals surface area contributed by atoms with Gasteiger partial charge in [-0.15, -0.1) is 0 Å². The third kappa shape index (κ3) is 3.12. The van der Waals surface area contributed by atoms with E-state index in [1.165, 1.54) is 12.1 Å². The first-order valence-corrected chi connectivity index (χ1v) is 5.80. The van der Waals surface area contributed by atoms with Crippen molar-refractivity contribution in [3.8, 4) is 0 Å². The monoisotopic (exact) mass is 307 g/mol. The third-order valence-corrected chi connectivity index (χ3v) is 3.21. The molecule has 0 heterocycles. The first kappa shape index (κ1) is 11.8. The van der Waals surface area contributed by atoms with Gasteiger partial charge < -0.3 is 5.32 Å². The number of nitrogens with one attached hydrogen (secondary N) is 1. The Hall–Kier alpha value is -0.320. The van der Waals surface area contributed by atoms with Gasteiger partial charge in [0.15, 0.2) is 0 Å². The lowest BCUT2D eigenvalue weighted by atomic mass is 10.1. The summed E-state index contributed by atoms with van der Waals surface area (Å²) in [6.45, 7) is 6.45. The molecule has 1 unspecified atom stereocenters. The molecule has 0 aromatic heterocycles. The molecule has 1 aromatic rings. The van der Waals surface area contributed by atoms with Gasteiger partial charge in [0.1, 0.15) is 5.82 Å². The summed E-state index contributed by atoms with van der Waals surface area (Å²) in [6, 6.07) is 5.21. The SMILES string of the molecule is CC(C)C(C)Nc1ccc(F)cc1I. The Morgan fingerprint density at radius 2 is 1.93 bits per heavy atom. The van der Waals surface area contributed by atoms with Gasteiger partial charge in [-0.3, -0.25) is 0 Å². The minimum absolute atomic E-state index is 0.183. The first-order chi connectivity index (χ1) is 6.50.